The second kappa shape index (κ2) is 13.3. The molecule has 1 heterocycles. The third kappa shape index (κ3) is 5.13. The van der Waals surface area contributed by atoms with Crippen molar-refractivity contribution >= 4 is 29.1 Å². The van der Waals surface area contributed by atoms with E-state index < -0.39 is 69.8 Å². The summed E-state index contributed by atoms with van der Waals surface area (Å²) in [6.07, 6.45) is 0.356. The molecule has 12 heteroatoms. The molecular formula is C44H66O12. The molecule has 0 spiro atoms. The van der Waals surface area contributed by atoms with Crippen LogP contribution in [0.4, 0.5) is 0 Å². The van der Waals surface area contributed by atoms with Crippen LogP contribution in [-0.2, 0) is 33.4 Å². The normalized spacial score (nSPS) is 49.9. The number of Topliss-reactive ketones (excluding diaryl/α,β-unsaturated/α-hetero) is 4. The molecule has 0 radical (unpaired) electrons. The van der Waals surface area contributed by atoms with Crippen LogP contribution in [0, 0.1) is 56.7 Å². The molecule has 1 unspecified atom stereocenters. The summed E-state index contributed by atoms with van der Waals surface area (Å²) < 4.78 is 11.8. The van der Waals surface area contributed by atoms with Crippen molar-refractivity contribution in [1.82, 2.24) is 0 Å². The molecular weight excluding hydrogens is 720 g/mol. The molecule has 5 aliphatic carbocycles. The van der Waals surface area contributed by atoms with Crippen LogP contribution in [0.15, 0.2) is 12.2 Å². The van der Waals surface area contributed by atoms with Crippen LogP contribution < -0.4 is 0 Å². The zero-order chi connectivity index (χ0) is 42.1. The number of hydrogen-bond acceptors (Lipinski definition) is 12. The van der Waals surface area contributed by atoms with Crippen LogP contribution in [0.2, 0.25) is 0 Å². The van der Waals surface area contributed by atoms with Crippen molar-refractivity contribution in [1.29, 1.82) is 0 Å². The number of rotatable bonds is 8. The second-order valence-corrected chi connectivity index (χ2v) is 20.5. The Morgan fingerprint density at radius 2 is 1.34 bits per heavy atom. The number of carbonyl (C=O) groups excluding carboxylic acids is 5. The van der Waals surface area contributed by atoms with E-state index in [0.717, 1.165) is 71.8 Å². The summed E-state index contributed by atoms with van der Waals surface area (Å²) in [6, 6.07) is 0. The van der Waals surface area contributed by atoms with Crippen LogP contribution in [0.25, 0.3) is 0 Å². The molecule has 0 aromatic carbocycles. The van der Waals surface area contributed by atoms with E-state index in [1.807, 2.05) is 6.92 Å². The van der Waals surface area contributed by atoms with Gasteiger partial charge in [-0.1, -0.05) is 46.8 Å². The van der Waals surface area contributed by atoms with E-state index in [2.05, 4.69) is 41.2 Å². The van der Waals surface area contributed by atoms with Crippen molar-refractivity contribution in [2.24, 2.45) is 56.7 Å². The number of esters is 1. The van der Waals surface area contributed by atoms with E-state index in [1.54, 1.807) is 0 Å². The molecule has 314 valence electrons. The Bertz CT molecular complexity index is 1720. The third-order valence-corrected chi connectivity index (χ3v) is 18.0. The lowest BCUT2D eigenvalue weighted by Crippen LogP contribution is -2.87. The van der Waals surface area contributed by atoms with Gasteiger partial charge in [0.1, 0.15) is 6.10 Å². The molecule has 0 aromatic heterocycles. The fourth-order valence-corrected chi connectivity index (χ4v) is 14.7. The molecule has 0 aromatic rings. The topological polar surface area (TPSA) is 205 Å². The molecule has 12 nitrogen and oxygen atoms in total. The fraction of sp³-hybridized carbons (Fsp3) is 0.841. The zero-order valence-corrected chi connectivity index (χ0v) is 35.1. The predicted octanol–water partition coefficient (Wildman–Crippen LogP) is 4.18. The van der Waals surface area contributed by atoms with E-state index in [0.29, 0.717) is 37.5 Å². The summed E-state index contributed by atoms with van der Waals surface area (Å²) in [7, 11) is 0. The van der Waals surface area contributed by atoms with Crippen molar-refractivity contribution < 1.29 is 59.0 Å². The summed E-state index contributed by atoms with van der Waals surface area (Å²) >= 11 is 0. The molecule has 6 aliphatic rings. The van der Waals surface area contributed by atoms with Gasteiger partial charge in [-0.2, -0.15) is 0 Å². The van der Waals surface area contributed by atoms with Crippen molar-refractivity contribution in [2.45, 2.75) is 175 Å². The van der Waals surface area contributed by atoms with Crippen LogP contribution in [0.1, 0.15) is 133 Å². The van der Waals surface area contributed by atoms with Gasteiger partial charge in [0.25, 0.3) is 0 Å². The number of hydrogen-bond donors (Lipinski definition) is 5. The van der Waals surface area contributed by atoms with Gasteiger partial charge in [0, 0.05) is 0 Å². The summed E-state index contributed by atoms with van der Waals surface area (Å²) in [6.45, 7) is 21.3. The summed E-state index contributed by atoms with van der Waals surface area (Å²) in [4.78, 5) is 68.5. The van der Waals surface area contributed by atoms with Gasteiger partial charge >= 0.3 is 5.97 Å². The molecule has 1 aliphatic heterocycles. The Kier molecular flexibility index (Phi) is 10.3. The number of ether oxygens (including phenoxy) is 2. The monoisotopic (exact) mass is 786 g/mol. The van der Waals surface area contributed by atoms with Gasteiger partial charge < -0.3 is 35.0 Å². The quantitative estimate of drug-likeness (QED) is 0.174. The van der Waals surface area contributed by atoms with Gasteiger partial charge in [-0.3, -0.25) is 24.0 Å². The van der Waals surface area contributed by atoms with Gasteiger partial charge in [-0.25, -0.2) is 0 Å². The highest BCUT2D eigenvalue weighted by Crippen LogP contribution is 2.77. The van der Waals surface area contributed by atoms with Gasteiger partial charge in [0.2, 0.25) is 17.5 Å². The van der Waals surface area contributed by atoms with E-state index in [9.17, 15) is 44.7 Å². The Hall–Kier alpha value is -2.35. The average molecular weight is 787 g/mol. The number of aliphatic hydroxyl groups is 5. The van der Waals surface area contributed by atoms with Crippen LogP contribution in [0.3, 0.4) is 0 Å². The first-order valence-electron chi connectivity index (χ1n) is 20.7. The lowest BCUT2D eigenvalue weighted by atomic mass is 9.32. The third-order valence-electron chi connectivity index (χ3n) is 18.0. The maximum atomic E-state index is 15.1. The van der Waals surface area contributed by atoms with E-state index in [1.165, 1.54) is 0 Å². The highest BCUT2D eigenvalue weighted by molar-refractivity contribution is 6.08. The molecule has 0 bridgehead atoms. The highest BCUT2D eigenvalue weighted by Gasteiger charge is 2.81. The molecule has 1 saturated heterocycles. The maximum absolute atomic E-state index is 15.1. The number of ketones is 4. The molecule has 6 fully saturated rings. The van der Waals surface area contributed by atoms with E-state index in [4.69, 9.17) is 9.47 Å². The Balaban J connectivity index is 1.42. The summed E-state index contributed by atoms with van der Waals surface area (Å²) in [5.41, 5.74) is -11.5. The molecule has 5 saturated carbocycles. The number of aliphatic hydroxyl groups excluding tert-OH is 2. The number of allylic oxidation sites excluding steroid dienone is 1. The zero-order valence-electron chi connectivity index (χ0n) is 35.1. The first-order chi connectivity index (χ1) is 25.6. The predicted molar refractivity (Wildman–Crippen MR) is 203 cm³/mol. The Morgan fingerprint density at radius 1 is 0.732 bits per heavy atom. The molecule has 5 N–H and O–H groups in total. The van der Waals surface area contributed by atoms with Crippen LogP contribution in [0.5, 0.6) is 0 Å². The van der Waals surface area contributed by atoms with Crippen LogP contribution in [-0.4, -0.2) is 96.0 Å². The van der Waals surface area contributed by atoms with E-state index >= 15 is 4.79 Å². The van der Waals surface area contributed by atoms with Gasteiger partial charge in [0.15, 0.2) is 34.8 Å². The minimum atomic E-state index is -3.72. The lowest BCUT2D eigenvalue weighted by molar-refractivity contribution is -0.354. The molecule has 16 atom stereocenters. The van der Waals surface area contributed by atoms with Crippen molar-refractivity contribution in [2.75, 3.05) is 0 Å². The number of carbonyl (C=O) groups is 5. The largest absolute Gasteiger partial charge is 0.431 e. The fourth-order valence-electron chi connectivity index (χ4n) is 14.7. The van der Waals surface area contributed by atoms with Gasteiger partial charge in [-0.15, -0.1) is 0 Å². The molecule has 56 heavy (non-hydrogen) atoms. The first-order valence-corrected chi connectivity index (χ1v) is 20.7. The number of fused-ring (bicyclic) bond motifs is 7. The standard InChI is InChI=1S/C44H66O12/c1-22(2)27-14-19-41(35(51)56-36-43(53,25(5)47)44(54,26(6)48)42(52,24(4)46)34(55-36)33(50)23(3)45)21-20-39(10)28(32(27)41)12-13-30-38(9)17-16-31(49)37(7,8)29(38)15-18-40(30,39)11/h23,27-32,34,36,45,49,52-54H,1,12-21H2,2-11H3/t23?,27-,28+,29-,30+,31-,32+,34+,36+,38-,39+,40+,41-,42-,43-,44-/m0/s1. The minimum absolute atomic E-state index is 0.0332. The van der Waals surface area contributed by atoms with Crippen LogP contribution >= 0.6 is 0 Å². The second-order valence-electron chi connectivity index (χ2n) is 20.5. The molecule has 0 amide bonds. The van der Waals surface area contributed by atoms with Crippen molar-refractivity contribution in [3.8, 4) is 0 Å². The Morgan fingerprint density at radius 3 is 1.88 bits per heavy atom. The SMILES string of the molecule is C=C(C)[C@@H]1CC[C@]2(C(=O)O[C@H]3O[C@H](C(=O)C(C)O)[C@@](O)(C(C)=O)[C@@](O)(C(C)=O)[C@]3(O)C(C)=O)CC[C@]3(C)[C@H](CC[C@@H]4[C@@]5(C)CC[C@H](O)C(C)(C)[C@@H]5CC[C@]43C)[C@@H]12. The van der Waals surface area contributed by atoms with Crippen molar-refractivity contribution in [3.05, 3.63) is 12.2 Å². The Labute approximate surface area is 331 Å². The van der Waals surface area contributed by atoms with Gasteiger partial charge in [0.05, 0.1) is 11.5 Å². The van der Waals surface area contributed by atoms with E-state index in [-0.39, 0.29) is 45.5 Å². The summed E-state index contributed by atoms with van der Waals surface area (Å²) in [5.74, 6) is -5.90. The average Bonchev–Trinajstić information content (AvgIpc) is 3.51. The summed E-state index contributed by atoms with van der Waals surface area (Å²) in [5, 5.41) is 57.5. The maximum Gasteiger partial charge on any atom is 0.314 e. The first kappa shape index (κ1) is 43.2. The van der Waals surface area contributed by atoms with Gasteiger partial charge in [-0.05, 0) is 150 Å². The minimum Gasteiger partial charge on any atom is -0.431 e. The van der Waals surface area contributed by atoms with Crippen molar-refractivity contribution in [3.63, 3.8) is 0 Å². The lowest BCUT2D eigenvalue weighted by Gasteiger charge is -2.72. The molecule has 6 rings (SSSR count). The highest BCUT2D eigenvalue weighted by atomic mass is 16.7. The smallest absolute Gasteiger partial charge is 0.314 e.